The summed E-state index contributed by atoms with van der Waals surface area (Å²) >= 11 is 6.13. The van der Waals surface area contributed by atoms with Gasteiger partial charge in [0.2, 0.25) is 0 Å². The lowest BCUT2D eigenvalue weighted by Crippen LogP contribution is -2.20. The quantitative estimate of drug-likeness (QED) is 0.863. The van der Waals surface area contributed by atoms with E-state index in [1.165, 1.54) is 12.1 Å². The summed E-state index contributed by atoms with van der Waals surface area (Å²) in [4.78, 5) is 0. The van der Waals surface area contributed by atoms with Crippen LogP contribution in [0.4, 0.5) is 4.39 Å². The van der Waals surface area contributed by atoms with Gasteiger partial charge in [0, 0.05) is 17.0 Å². The molecule has 19 heavy (non-hydrogen) atoms. The maximum absolute atomic E-state index is 13.4. The molecule has 2 aromatic carbocycles. The van der Waals surface area contributed by atoms with Gasteiger partial charge >= 0.3 is 0 Å². The molecule has 100 valence electrons. The molecule has 0 aliphatic rings. The van der Waals surface area contributed by atoms with Crippen LogP contribution < -0.4 is 5.73 Å². The summed E-state index contributed by atoms with van der Waals surface area (Å²) in [5.41, 5.74) is 8.12. The summed E-state index contributed by atoms with van der Waals surface area (Å²) in [6.45, 7) is 2.07. The van der Waals surface area contributed by atoms with Crippen molar-refractivity contribution in [3.63, 3.8) is 0 Å². The molecule has 0 heterocycles. The van der Waals surface area contributed by atoms with Gasteiger partial charge in [0.05, 0.1) is 0 Å². The maximum atomic E-state index is 13.4. The van der Waals surface area contributed by atoms with Crippen LogP contribution in [-0.4, -0.2) is 0 Å². The van der Waals surface area contributed by atoms with Gasteiger partial charge in [0.15, 0.2) is 0 Å². The van der Waals surface area contributed by atoms with Crippen LogP contribution in [-0.2, 0) is 0 Å². The molecule has 0 aliphatic carbocycles. The molecule has 0 amide bonds. The SMILES string of the molecule is CCC(c1ccccc1)C(N)c1cc(F)ccc1Cl. The summed E-state index contributed by atoms with van der Waals surface area (Å²) in [5.74, 6) is -0.182. The molecule has 2 atom stereocenters. The van der Waals surface area contributed by atoms with E-state index in [-0.39, 0.29) is 17.8 Å². The molecule has 0 saturated carbocycles. The van der Waals surface area contributed by atoms with Crippen LogP contribution in [0.2, 0.25) is 5.02 Å². The molecule has 2 unspecified atom stereocenters. The number of hydrogen-bond acceptors (Lipinski definition) is 1. The highest BCUT2D eigenvalue weighted by Gasteiger charge is 2.22. The molecule has 0 aromatic heterocycles. The van der Waals surface area contributed by atoms with Crippen molar-refractivity contribution in [3.05, 3.63) is 70.5 Å². The predicted octanol–water partition coefficient (Wildman–Crippen LogP) is 4.67. The molecule has 0 spiro atoms. The van der Waals surface area contributed by atoms with Crippen molar-refractivity contribution >= 4 is 11.6 Å². The third kappa shape index (κ3) is 3.14. The fourth-order valence-electron chi connectivity index (χ4n) is 2.38. The second kappa shape index (κ2) is 6.18. The molecule has 0 bridgehead atoms. The normalized spacial score (nSPS) is 14.1. The molecule has 0 radical (unpaired) electrons. The summed E-state index contributed by atoms with van der Waals surface area (Å²) in [5, 5.41) is 0.517. The summed E-state index contributed by atoms with van der Waals surface area (Å²) in [7, 11) is 0. The van der Waals surface area contributed by atoms with Crippen LogP contribution in [0, 0.1) is 5.82 Å². The topological polar surface area (TPSA) is 26.0 Å². The van der Waals surface area contributed by atoms with E-state index in [9.17, 15) is 4.39 Å². The summed E-state index contributed by atoms with van der Waals surface area (Å²) < 4.78 is 13.4. The molecule has 2 rings (SSSR count). The Morgan fingerprint density at radius 1 is 1.16 bits per heavy atom. The standard InChI is InChI=1S/C16H17ClFN/c1-2-13(11-6-4-3-5-7-11)16(19)14-10-12(18)8-9-15(14)17/h3-10,13,16H,2,19H2,1H3. The maximum Gasteiger partial charge on any atom is 0.123 e. The first-order valence-corrected chi connectivity index (χ1v) is 6.76. The average molecular weight is 278 g/mol. The minimum atomic E-state index is -0.310. The van der Waals surface area contributed by atoms with E-state index < -0.39 is 0 Å². The molecule has 2 aromatic rings. The Hall–Kier alpha value is -1.38. The molecule has 0 fully saturated rings. The Kier molecular flexibility index (Phi) is 4.56. The van der Waals surface area contributed by atoms with Crippen molar-refractivity contribution in [2.75, 3.05) is 0 Å². The van der Waals surface area contributed by atoms with E-state index in [2.05, 4.69) is 6.92 Å². The van der Waals surface area contributed by atoms with E-state index in [0.29, 0.717) is 10.6 Å². The molecule has 3 heteroatoms. The zero-order valence-electron chi connectivity index (χ0n) is 10.8. The highest BCUT2D eigenvalue weighted by molar-refractivity contribution is 6.31. The molecule has 0 saturated heterocycles. The third-order valence-corrected chi connectivity index (χ3v) is 3.76. The van der Waals surface area contributed by atoms with Crippen molar-refractivity contribution in [2.45, 2.75) is 25.3 Å². The van der Waals surface area contributed by atoms with Crippen molar-refractivity contribution in [1.29, 1.82) is 0 Å². The highest BCUT2D eigenvalue weighted by Crippen LogP contribution is 2.35. The molecule has 1 nitrogen and oxygen atoms in total. The highest BCUT2D eigenvalue weighted by atomic mass is 35.5. The molecular formula is C16H17ClFN. The number of benzene rings is 2. The van der Waals surface area contributed by atoms with Gasteiger partial charge < -0.3 is 5.73 Å². The van der Waals surface area contributed by atoms with Crippen LogP contribution in [0.15, 0.2) is 48.5 Å². The zero-order chi connectivity index (χ0) is 13.8. The Bertz CT molecular complexity index is 542. The first-order chi connectivity index (χ1) is 9.13. The van der Waals surface area contributed by atoms with Gasteiger partial charge in [-0.1, -0.05) is 48.9 Å². The largest absolute Gasteiger partial charge is 0.323 e. The van der Waals surface area contributed by atoms with Gasteiger partial charge in [-0.2, -0.15) is 0 Å². The van der Waals surface area contributed by atoms with E-state index in [1.54, 1.807) is 6.07 Å². The molecule has 2 N–H and O–H groups in total. The number of hydrogen-bond donors (Lipinski definition) is 1. The fraction of sp³-hybridized carbons (Fsp3) is 0.250. The van der Waals surface area contributed by atoms with E-state index in [4.69, 9.17) is 17.3 Å². The number of nitrogens with two attached hydrogens (primary N) is 1. The third-order valence-electron chi connectivity index (χ3n) is 3.42. The van der Waals surface area contributed by atoms with Crippen molar-refractivity contribution in [2.24, 2.45) is 5.73 Å². The minimum absolute atomic E-state index is 0.125. The lowest BCUT2D eigenvalue weighted by molar-refractivity contribution is 0.534. The number of rotatable bonds is 4. The van der Waals surface area contributed by atoms with Gasteiger partial charge in [-0.15, -0.1) is 0 Å². The Morgan fingerprint density at radius 2 is 1.84 bits per heavy atom. The van der Waals surface area contributed by atoms with Gasteiger partial charge in [-0.3, -0.25) is 0 Å². The lowest BCUT2D eigenvalue weighted by Gasteiger charge is -2.24. The van der Waals surface area contributed by atoms with Crippen molar-refractivity contribution < 1.29 is 4.39 Å². The second-order valence-electron chi connectivity index (χ2n) is 4.62. The molecular weight excluding hydrogens is 261 g/mol. The summed E-state index contributed by atoms with van der Waals surface area (Å²) in [6.07, 6.45) is 0.873. The van der Waals surface area contributed by atoms with Crippen LogP contribution in [0.1, 0.15) is 36.4 Å². The summed E-state index contributed by atoms with van der Waals surface area (Å²) in [6, 6.07) is 14.1. The fourth-order valence-corrected chi connectivity index (χ4v) is 2.63. The zero-order valence-corrected chi connectivity index (χ0v) is 11.6. The Balaban J connectivity index is 2.36. The lowest BCUT2D eigenvalue weighted by atomic mass is 9.86. The second-order valence-corrected chi connectivity index (χ2v) is 5.02. The van der Waals surface area contributed by atoms with E-state index >= 15 is 0 Å². The number of halogens is 2. The monoisotopic (exact) mass is 277 g/mol. The first kappa shape index (κ1) is 14.0. The first-order valence-electron chi connectivity index (χ1n) is 6.39. The average Bonchev–Trinajstić information content (AvgIpc) is 2.43. The van der Waals surface area contributed by atoms with Gasteiger partial charge in [-0.05, 0) is 35.7 Å². The van der Waals surface area contributed by atoms with Gasteiger partial charge in [0.1, 0.15) is 5.82 Å². The predicted molar refractivity (Wildman–Crippen MR) is 77.8 cm³/mol. The van der Waals surface area contributed by atoms with E-state index in [1.807, 2.05) is 30.3 Å². The van der Waals surface area contributed by atoms with Crippen LogP contribution >= 0.6 is 11.6 Å². The van der Waals surface area contributed by atoms with Crippen LogP contribution in [0.5, 0.6) is 0 Å². The minimum Gasteiger partial charge on any atom is -0.323 e. The van der Waals surface area contributed by atoms with Crippen molar-refractivity contribution in [1.82, 2.24) is 0 Å². The Labute approximate surface area is 118 Å². The smallest absolute Gasteiger partial charge is 0.123 e. The van der Waals surface area contributed by atoms with Gasteiger partial charge in [0.25, 0.3) is 0 Å². The molecule has 0 aliphatic heterocycles. The van der Waals surface area contributed by atoms with E-state index in [0.717, 1.165) is 12.0 Å². The van der Waals surface area contributed by atoms with Crippen LogP contribution in [0.25, 0.3) is 0 Å². The van der Waals surface area contributed by atoms with Gasteiger partial charge in [-0.25, -0.2) is 4.39 Å². The van der Waals surface area contributed by atoms with Crippen LogP contribution in [0.3, 0.4) is 0 Å². The van der Waals surface area contributed by atoms with Crippen molar-refractivity contribution in [3.8, 4) is 0 Å². The Morgan fingerprint density at radius 3 is 2.47 bits per heavy atom.